The first kappa shape index (κ1) is 19.4. The summed E-state index contributed by atoms with van der Waals surface area (Å²) in [6.45, 7) is 0.245. The van der Waals surface area contributed by atoms with Gasteiger partial charge >= 0.3 is 6.09 Å². The molecule has 2 aromatic rings. The number of carbonyl (C=O) groups is 1. The van der Waals surface area contributed by atoms with E-state index in [1.807, 2.05) is 30.3 Å². The molecule has 2 bridgehead atoms. The monoisotopic (exact) mass is 415 g/mol. The summed E-state index contributed by atoms with van der Waals surface area (Å²) in [4.78, 5) is 20.6. The zero-order valence-corrected chi connectivity index (χ0v) is 16.5. The van der Waals surface area contributed by atoms with Crippen molar-refractivity contribution in [3.8, 4) is 0 Å². The van der Waals surface area contributed by atoms with Crippen LogP contribution in [0.15, 0.2) is 41.8 Å². The number of hydrogen-bond acceptors (Lipinski definition) is 7. The van der Waals surface area contributed by atoms with E-state index < -0.39 is 6.09 Å². The van der Waals surface area contributed by atoms with Gasteiger partial charge in [-0.1, -0.05) is 47.1 Å². The van der Waals surface area contributed by atoms with Crippen LogP contribution in [0.25, 0.3) is 0 Å². The van der Waals surface area contributed by atoms with Crippen LogP contribution >= 0.6 is 11.6 Å². The summed E-state index contributed by atoms with van der Waals surface area (Å²) < 4.78 is 5.40. The lowest BCUT2D eigenvalue weighted by atomic mass is 9.91. The van der Waals surface area contributed by atoms with Crippen molar-refractivity contribution in [2.24, 2.45) is 5.16 Å². The van der Waals surface area contributed by atoms with Crippen LogP contribution in [0, 0.1) is 0 Å². The number of hydrogen-bond donors (Lipinski definition) is 3. The largest absolute Gasteiger partial charge is 0.445 e. The van der Waals surface area contributed by atoms with Gasteiger partial charge in [0.05, 0.1) is 11.8 Å². The van der Waals surface area contributed by atoms with Gasteiger partial charge < -0.3 is 20.6 Å². The number of fused-ring (bicyclic) bond motifs is 2. The Morgan fingerprint density at radius 3 is 2.66 bits per heavy atom. The number of rotatable bonds is 6. The van der Waals surface area contributed by atoms with Crippen LogP contribution in [0.3, 0.4) is 0 Å². The zero-order chi connectivity index (χ0) is 20.3. The molecule has 152 valence electrons. The first-order valence-corrected chi connectivity index (χ1v) is 9.86. The van der Waals surface area contributed by atoms with Crippen LogP contribution in [0.4, 0.5) is 10.6 Å². The summed E-state index contributed by atoms with van der Waals surface area (Å²) in [5.41, 5.74) is 0.893. The second-order valence-corrected chi connectivity index (χ2v) is 8.08. The van der Waals surface area contributed by atoms with Crippen LogP contribution in [0.5, 0.6) is 0 Å². The Morgan fingerprint density at radius 2 is 1.93 bits per heavy atom. The lowest BCUT2D eigenvalue weighted by molar-refractivity contribution is 0.126. The maximum Gasteiger partial charge on any atom is 0.407 e. The minimum atomic E-state index is -0.398. The van der Waals surface area contributed by atoms with E-state index in [1.54, 1.807) is 0 Å². The molecule has 0 radical (unpaired) electrons. The van der Waals surface area contributed by atoms with Gasteiger partial charge in [0.25, 0.3) is 0 Å². The number of ether oxygens (including phenoxy) is 1. The van der Waals surface area contributed by atoms with Crippen molar-refractivity contribution in [2.45, 2.75) is 49.8 Å². The smallest absolute Gasteiger partial charge is 0.407 e. The molecule has 1 aromatic heterocycles. The third-order valence-electron chi connectivity index (χ3n) is 5.83. The van der Waals surface area contributed by atoms with E-state index in [2.05, 4.69) is 25.8 Å². The van der Waals surface area contributed by atoms with Gasteiger partial charge in [-0.25, -0.2) is 14.8 Å². The van der Waals surface area contributed by atoms with Gasteiger partial charge in [-0.3, -0.25) is 0 Å². The van der Waals surface area contributed by atoms with E-state index in [4.69, 9.17) is 21.5 Å². The minimum absolute atomic E-state index is 0.206. The van der Waals surface area contributed by atoms with Crippen molar-refractivity contribution in [3.63, 3.8) is 0 Å². The van der Waals surface area contributed by atoms with Crippen LogP contribution in [-0.2, 0) is 11.3 Å². The van der Waals surface area contributed by atoms with Crippen LogP contribution < -0.4 is 10.6 Å². The number of alkyl carbamates (subject to hydrolysis) is 1. The van der Waals surface area contributed by atoms with Gasteiger partial charge in [0.1, 0.15) is 23.9 Å². The predicted octanol–water partition coefficient (Wildman–Crippen LogP) is 3.73. The summed E-state index contributed by atoms with van der Waals surface area (Å²) in [5.74, 6) is 0.521. The molecule has 1 amide bonds. The predicted molar refractivity (Wildman–Crippen MR) is 108 cm³/mol. The number of anilines is 1. The van der Waals surface area contributed by atoms with E-state index in [1.165, 1.54) is 12.5 Å². The Hall–Kier alpha value is -2.87. The second-order valence-electron chi connectivity index (χ2n) is 7.72. The molecule has 0 spiro atoms. The van der Waals surface area contributed by atoms with Gasteiger partial charge in [0.2, 0.25) is 0 Å². The highest BCUT2D eigenvalue weighted by Crippen LogP contribution is 2.52. The minimum Gasteiger partial charge on any atom is -0.445 e. The van der Waals surface area contributed by atoms with Crippen LogP contribution in [0.2, 0.25) is 5.15 Å². The van der Waals surface area contributed by atoms with Crippen molar-refractivity contribution in [3.05, 3.63) is 52.9 Å². The van der Waals surface area contributed by atoms with Crippen molar-refractivity contribution >= 4 is 29.7 Å². The molecular weight excluding hydrogens is 394 g/mol. The molecular formula is C20H22ClN5O3. The van der Waals surface area contributed by atoms with Crippen molar-refractivity contribution in [2.75, 3.05) is 5.32 Å². The quantitative estimate of drug-likeness (QED) is 0.287. The Kier molecular flexibility index (Phi) is 5.27. The Labute approximate surface area is 173 Å². The molecule has 8 nitrogen and oxygen atoms in total. The highest BCUT2D eigenvalue weighted by molar-refractivity contribution is 6.32. The topological polar surface area (TPSA) is 109 Å². The van der Waals surface area contributed by atoms with Gasteiger partial charge in [0.15, 0.2) is 0 Å². The average molecular weight is 416 g/mol. The van der Waals surface area contributed by atoms with Crippen molar-refractivity contribution in [1.29, 1.82) is 0 Å². The number of nitrogens with zero attached hydrogens (tertiary/aromatic N) is 3. The molecule has 2 fully saturated rings. The highest BCUT2D eigenvalue weighted by Gasteiger charge is 2.55. The van der Waals surface area contributed by atoms with Gasteiger partial charge in [-0.2, -0.15) is 0 Å². The molecule has 1 aromatic carbocycles. The lowest BCUT2D eigenvalue weighted by Crippen LogP contribution is -2.45. The fourth-order valence-electron chi connectivity index (χ4n) is 4.42. The SMILES string of the molecule is O=C(NC12CCC(Nc3ncnc(Cl)c3/C=N/O)(CC1)C2)OCc1ccccc1. The molecule has 2 saturated carbocycles. The van der Waals surface area contributed by atoms with Crippen LogP contribution in [-0.4, -0.2) is 38.6 Å². The Morgan fingerprint density at radius 1 is 1.21 bits per heavy atom. The molecule has 2 aliphatic rings. The standard InChI is InChI=1S/C20H22ClN5O3/c21-16-15(10-24-28)17(23-13-22-16)25-19-6-8-20(12-19,9-7-19)26-18(27)29-11-14-4-2-1-3-5-14/h1-5,10,13,28H,6-9,11-12H2,(H,26,27)(H,22,23,25)/b24-10+. The van der Waals surface area contributed by atoms with Gasteiger partial charge in [-0.05, 0) is 37.7 Å². The average Bonchev–Trinajstić information content (AvgIpc) is 3.25. The summed E-state index contributed by atoms with van der Waals surface area (Å²) in [6.07, 6.45) is 6.41. The molecule has 0 atom stereocenters. The number of aromatic nitrogens is 2. The van der Waals surface area contributed by atoms with E-state index in [-0.39, 0.29) is 22.8 Å². The number of carbonyl (C=O) groups excluding carboxylic acids is 1. The molecule has 0 unspecified atom stereocenters. The number of amides is 1. The fraction of sp³-hybridized carbons (Fsp3) is 0.400. The summed E-state index contributed by atoms with van der Waals surface area (Å²) in [5, 5.41) is 18.7. The normalized spacial score (nSPS) is 25.3. The summed E-state index contributed by atoms with van der Waals surface area (Å²) >= 11 is 6.11. The molecule has 1 heterocycles. The number of benzene rings is 1. The zero-order valence-electron chi connectivity index (χ0n) is 15.8. The van der Waals surface area contributed by atoms with E-state index in [0.29, 0.717) is 11.4 Å². The fourth-order valence-corrected chi connectivity index (χ4v) is 4.60. The molecule has 9 heteroatoms. The Bertz CT molecular complexity index is 914. The first-order chi connectivity index (χ1) is 14.0. The molecule has 29 heavy (non-hydrogen) atoms. The van der Waals surface area contributed by atoms with Crippen LogP contribution in [0.1, 0.15) is 43.2 Å². The molecule has 3 N–H and O–H groups in total. The van der Waals surface area contributed by atoms with E-state index >= 15 is 0 Å². The molecule has 0 aliphatic heterocycles. The summed E-state index contributed by atoms with van der Waals surface area (Å²) in [6, 6.07) is 9.60. The third kappa shape index (κ3) is 4.12. The number of nitrogens with one attached hydrogen (secondary N) is 2. The molecule has 0 saturated heterocycles. The van der Waals surface area contributed by atoms with E-state index in [0.717, 1.165) is 37.7 Å². The maximum atomic E-state index is 12.4. The van der Waals surface area contributed by atoms with E-state index in [9.17, 15) is 4.79 Å². The van der Waals surface area contributed by atoms with Crippen molar-refractivity contribution in [1.82, 2.24) is 15.3 Å². The number of oxime groups is 1. The first-order valence-electron chi connectivity index (χ1n) is 9.48. The van der Waals surface area contributed by atoms with Gasteiger partial charge in [0, 0.05) is 11.1 Å². The Balaban J connectivity index is 1.40. The third-order valence-corrected chi connectivity index (χ3v) is 6.13. The second kappa shape index (κ2) is 7.87. The molecule has 2 aliphatic carbocycles. The summed E-state index contributed by atoms with van der Waals surface area (Å²) in [7, 11) is 0. The lowest BCUT2D eigenvalue weighted by Gasteiger charge is -2.29. The highest BCUT2D eigenvalue weighted by atomic mass is 35.5. The molecule has 4 rings (SSSR count). The van der Waals surface area contributed by atoms with Gasteiger partial charge in [-0.15, -0.1) is 0 Å². The maximum absolute atomic E-state index is 12.4. The number of halogens is 1. The van der Waals surface area contributed by atoms with Crippen molar-refractivity contribution < 1.29 is 14.7 Å².